The SMILES string of the molecule is CC(C(C(=O)Nc1cccc(CC2(C(=O)O)CCC2)c1)c1ccc(Cl)cc1)C(F)(F)F. The average molecular weight is 454 g/mol. The van der Waals surface area contributed by atoms with Gasteiger partial charge in [0.05, 0.1) is 17.3 Å². The molecule has 1 aliphatic carbocycles. The van der Waals surface area contributed by atoms with E-state index in [0.717, 1.165) is 13.3 Å². The summed E-state index contributed by atoms with van der Waals surface area (Å²) in [6.07, 6.45) is -2.24. The lowest BCUT2D eigenvalue weighted by Gasteiger charge is -2.37. The van der Waals surface area contributed by atoms with Crippen molar-refractivity contribution in [1.29, 1.82) is 0 Å². The van der Waals surface area contributed by atoms with Gasteiger partial charge in [-0.15, -0.1) is 0 Å². The van der Waals surface area contributed by atoms with Crippen molar-refractivity contribution in [3.63, 3.8) is 0 Å². The lowest BCUT2D eigenvalue weighted by Crippen LogP contribution is -2.39. The highest BCUT2D eigenvalue weighted by Crippen LogP contribution is 2.44. The van der Waals surface area contributed by atoms with Gasteiger partial charge < -0.3 is 10.4 Å². The third-order valence-corrected chi connectivity index (χ3v) is 6.28. The quantitative estimate of drug-likeness (QED) is 0.535. The molecule has 8 heteroatoms. The van der Waals surface area contributed by atoms with E-state index in [1.165, 1.54) is 24.3 Å². The molecule has 0 aliphatic heterocycles. The van der Waals surface area contributed by atoms with Gasteiger partial charge in [0.1, 0.15) is 0 Å². The largest absolute Gasteiger partial charge is 0.481 e. The number of aliphatic carboxylic acids is 1. The standard InChI is InChI=1S/C23H23ClF3NO3/c1-14(23(25,26)27)19(16-6-8-17(24)9-7-16)20(29)28-18-5-2-4-15(12-18)13-22(21(30)31)10-3-11-22/h2,4-9,12,14,19H,3,10-11,13H2,1H3,(H,28,29)(H,30,31). The van der Waals surface area contributed by atoms with Crippen LogP contribution in [0, 0.1) is 11.3 Å². The molecule has 1 fully saturated rings. The third kappa shape index (κ3) is 5.21. The zero-order valence-electron chi connectivity index (χ0n) is 16.9. The summed E-state index contributed by atoms with van der Waals surface area (Å²) in [5.74, 6) is -5.02. The van der Waals surface area contributed by atoms with Crippen molar-refractivity contribution in [1.82, 2.24) is 0 Å². The van der Waals surface area contributed by atoms with E-state index in [9.17, 15) is 27.9 Å². The molecule has 0 aromatic heterocycles. The van der Waals surface area contributed by atoms with Gasteiger partial charge in [-0.25, -0.2) is 0 Å². The van der Waals surface area contributed by atoms with E-state index in [2.05, 4.69) is 5.32 Å². The normalized spacial score (nSPS) is 17.3. The molecule has 1 amide bonds. The monoisotopic (exact) mass is 453 g/mol. The average Bonchev–Trinajstić information content (AvgIpc) is 2.65. The number of carboxylic acids is 1. The Hall–Kier alpha value is -2.54. The smallest absolute Gasteiger partial charge is 0.392 e. The van der Waals surface area contributed by atoms with Gasteiger partial charge in [-0.2, -0.15) is 13.2 Å². The van der Waals surface area contributed by atoms with Gasteiger partial charge in [-0.05, 0) is 54.7 Å². The van der Waals surface area contributed by atoms with Crippen LogP contribution in [0.25, 0.3) is 0 Å². The van der Waals surface area contributed by atoms with E-state index >= 15 is 0 Å². The summed E-state index contributed by atoms with van der Waals surface area (Å²) in [7, 11) is 0. The minimum Gasteiger partial charge on any atom is -0.481 e. The molecule has 1 saturated carbocycles. The molecule has 0 heterocycles. The first kappa shape index (κ1) is 23.1. The van der Waals surface area contributed by atoms with Crippen LogP contribution in [0.1, 0.15) is 43.2 Å². The lowest BCUT2D eigenvalue weighted by molar-refractivity contribution is -0.178. The number of carbonyl (C=O) groups excluding carboxylic acids is 1. The number of hydrogen-bond donors (Lipinski definition) is 2. The Bertz CT molecular complexity index is 955. The van der Waals surface area contributed by atoms with Crippen molar-refractivity contribution in [3.05, 3.63) is 64.7 Å². The Kier molecular flexibility index (Phi) is 6.65. The minimum atomic E-state index is -4.57. The molecule has 2 N–H and O–H groups in total. The molecule has 3 rings (SSSR count). The number of rotatable bonds is 7. The molecule has 0 radical (unpaired) electrons. The summed E-state index contributed by atoms with van der Waals surface area (Å²) >= 11 is 5.84. The predicted octanol–water partition coefficient (Wildman–Crippen LogP) is 6.06. The van der Waals surface area contributed by atoms with Gasteiger partial charge in [0.2, 0.25) is 5.91 Å². The van der Waals surface area contributed by atoms with E-state index in [4.69, 9.17) is 11.6 Å². The third-order valence-electron chi connectivity index (χ3n) is 6.03. The number of carboxylic acid groups (broad SMARTS) is 1. The summed E-state index contributed by atoms with van der Waals surface area (Å²) in [5, 5.41) is 12.5. The molecule has 2 aromatic carbocycles. The van der Waals surface area contributed by atoms with Crippen LogP contribution in [0.3, 0.4) is 0 Å². The van der Waals surface area contributed by atoms with Gasteiger partial charge in [0, 0.05) is 10.7 Å². The summed E-state index contributed by atoms with van der Waals surface area (Å²) in [5.41, 5.74) is 0.448. The van der Waals surface area contributed by atoms with E-state index < -0.39 is 35.3 Å². The topological polar surface area (TPSA) is 66.4 Å². The molecule has 31 heavy (non-hydrogen) atoms. The van der Waals surface area contributed by atoms with E-state index in [-0.39, 0.29) is 5.56 Å². The zero-order valence-corrected chi connectivity index (χ0v) is 17.6. The maximum Gasteiger partial charge on any atom is 0.392 e. The lowest BCUT2D eigenvalue weighted by atomic mass is 9.65. The molecule has 2 aromatic rings. The number of nitrogens with one attached hydrogen (secondary N) is 1. The second kappa shape index (κ2) is 8.91. The maximum absolute atomic E-state index is 13.5. The summed E-state index contributed by atoms with van der Waals surface area (Å²) in [4.78, 5) is 24.5. The van der Waals surface area contributed by atoms with Crippen molar-refractivity contribution in [3.8, 4) is 0 Å². The van der Waals surface area contributed by atoms with Crippen LogP contribution >= 0.6 is 11.6 Å². The molecule has 0 bridgehead atoms. The van der Waals surface area contributed by atoms with Crippen molar-refractivity contribution < 1.29 is 27.9 Å². The van der Waals surface area contributed by atoms with Crippen LogP contribution < -0.4 is 5.32 Å². The second-order valence-electron chi connectivity index (χ2n) is 8.16. The Morgan fingerprint density at radius 2 is 1.81 bits per heavy atom. The van der Waals surface area contributed by atoms with E-state index in [1.807, 2.05) is 0 Å². The molecule has 2 unspecified atom stereocenters. The molecular formula is C23H23ClF3NO3. The number of benzene rings is 2. The fraction of sp³-hybridized carbons (Fsp3) is 0.391. The summed E-state index contributed by atoms with van der Waals surface area (Å²) in [6, 6.07) is 12.3. The summed E-state index contributed by atoms with van der Waals surface area (Å²) < 4.78 is 40.4. The first-order chi connectivity index (χ1) is 14.5. The minimum absolute atomic E-state index is 0.210. The van der Waals surface area contributed by atoms with Gasteiger partial charge in [-0.3, -0.25) is 9.59 Å². The number of alkyl halides is 3. The molecular weight excluding hydrogens is 431 g/mol. The van der Waals surface area contributed by atoms with E-state index in [1.54, 1.807) is 24.3 Å². The highest BCUT2D eigenvalue weighted by atomic mass is 35.5. The molecule has 4 nitrogen and oxygen atoms in total. The maximum atomic E-state index is 13.5. The Balaban J connectivity index is 1.83. The van der Waals surface area contributed by atoms with Gasteiger partial charge in [-0.1, -0.05) is 49.2 Å². The van der Waals surface area contributed by atoms with Gasteiger partial charge >= 0.3 is 12.1 Å². The number of amides is 1. The van der Waals surface area contributed by atoms with Crippen molar-refractivity contribution in [2.45, 2.75) is 44.7 Å². The van der Waals surface area contributed by atoms with Gasteiger partial charge in [0.15, 0.2) is 0 Å². The number of anilines is 1. The first-order valence-corrected chi connectivity index (χ1v) is 10.3. The molecule has 0 saturated heterocycles. The Morgan fingerprint density at radius 3 is 2.32 bits per heavy atom. The van der Waals surface area contributed by atoms with Gasteiger partial charge in [0.25, 0.3) is 0 Å². The van der Waals surface area contributed by atoms with Crippen LogP contribution in [-0.2, 0) is 16.0 Å². The second-order valence-corrected chi connectivity index (χ2v) is 8.60. The van der Waals surface area contributed by atoms with Crippen LogP contribution in [-0.4, -0.2) is 23.2 Å². The number of carbonyl (C=O) groups is 2. The fourth-order valence-corrected chi connectivity index (χ4v) is 4.09. The molecule has 0 spiro atoms. The molecule has 1 aliphatic rings. The first-order valence-electron chi connectivity index (χ1n) is 9.97. The van der Waals surface area contributed by atoms with Crippen LogP contribution in [0.4, 0.5) is 18.9 Å². The zero-order chi connectivity index (χ0) is 22.8. The number of halogens is 4. The molecule has 2 atom stereocenters. The highest BCUT2D eigenvalue weighted by Gasteiger charge is 2.45. The van der Waals surface area contributed by atoms with E-state index in [0.29, 0.717) is 35.5 Å². The summed E-state index contributed by atoms with van der Waals surface area (Å²) in [6.45, 7) is 0.975. The van der Waals surface area contributed by atoms with Crippen LogP contribution in [0.2, 0.25) is 5.02 Å². The Morgan fingerprint density at radius 1 is 1.16 bits per heavy atom. The predicted molar refractivity (Wildman–Crippen MR) is 112 cm³/mol. The fourth-order valence-electron chi connectivity index (χ4n) is 3.97. The highest BCUT2D eigenvalue weighted by molar-refractivity contribution is 6.30. The van der Waals surface area contributed by atoms with Crippen molar-refractivity contribution in [2.75, 3.05) is 5.32 Å². The van der Waals surface area contributed by atoms with Crippen LogP contribution in [0.5, 0.6) is 0 Å². The van der Waals surface area contributed by atoms with Crippen molar-refractivity contribution >= 4 is 29.2 Å². The number of hydrogen-bond acceptors (Lipinski definition) is 2. The molecule has 166 valence electrons. The van der Waals surface area contributed by atoms with Crippen molar-refractivity contribution in [2.24, 2.45) is 11.3 Å². The Labute approximate surface area is 183 Å². The van der Waals surface area contributed by atoms with Crippen LogP contribution in [0.15, 0.2) is 48.5 Å².